The van der Waals surface area contributed by atoms with E-state index in [9.17, 15) is 10.1 Å². The molecule has 1 atom stereocenters. The monoisotopic (exact) mass is 464 g/mol. The van der Waals surface area contributed by atoms with Gasteiger partial charge in [-0.3, -0.25) is 15.1 Å². The number of nitrogens with zero attached hydrogens (tertiary/aromatic N) is 3. The van der Waals surface area contributed by atoms with Crippen LogP contribution in [-0.4, -0.2) is 46.9 Å². The third-order valence-corrected chi connectivity index (χ3v) is 5.51. The minimum atomic E-state index is -0.341. The second-order valence-corrected chi connectivity index (χ2v) is 7.23. The SMILES string of the molecule is CN=C(NCc1ccccc1[N+](=O)[O-])N1CCSC(C(C)C)C1.I. The van der Waals surface area contributed by atoms with Crippen molar-refractivity contribution in [1.82, 2.24) is 10.2 Å². The van der Waals surface area contributed by atoms with Crippen molar-refractivity contribution in [3.8, 4) is 0 Å². The minimum absolute atomic E-state index is 0. The second-order valence-electron chi connectivity index (χ2n) is 5.89. The number of aliphatic imine (C=N–C) groups is 1. The zero-order chi connectivity index (χ0) is 16.8. The summed E-state index contributed by atoms with van der Waals surface area (Å²) in [7, 11) is 1.76. The number of nitrogens with one attached hydrogen (secondary N) is 1. The summed E-state index contributed by atoms with van der Waals surface area (Å²) < 4.78 is 0. The van der Waals surface area contributed by atoms with Crippen LogP contribution in [0.1, 0.15) is 19.4 Å². The topological polar surface area (TPSA) is 70.8 Å². The molecule has 1 unspecified atom stereocenters. The van der Waals surface area contributed by atoms with Gasteiger partial charge in [-0.1, -0.05) is 32.0 Å². The lowest BCUT2D eigenvalue weighted by Crippen LogP contribution is -2.48. The Balaban J connectivity index is 0.00000288. The Morgan fingerprint density at radius 2 is 2.21 bits per heavy atom. The van der Waals surface area contributed by atoms with Gasteiger partial charge in [-0.15, -0.1) is 24.0 Å². The number of para-hydroxylation sites is 1. The Hall–Kier alpha value is -1.03. The van der Waals surface area contributed by atoms with Gasteiger partial charge < -0.3 is 10.2 Å². The number of halogens is 1. The fraction of sp³-hybridized carbons (Fsp3) is 0.562. The van der Waals surface area contributed by atoms with Crippen molar-refractivity contribution in [1.29, 1.82) is 0 Å². The van der Waals surface area contributed by atoms with Crippen molar-refractivity contribution in [2.45, 2.75) is 25.6 Å². The maximum atomic E-state index is 11.1. The number of benzene rings is 1. The van der Waals surface area contributed by atoms with E-state index in [4.69, 9.17) is 0 Å². The Labute approximate surface area is 164 Å². The molecule has 0 bridgehead atoms. The quantitative estimate of drug-likeness (QED) is 0.243. The van der Waals surface area contributed by atoms with Crippen LogP contribution in [0.25, 0.3) is 0 Å². The van der Waals surface area contributed by atoms with E-state index >= 15 is 0 Å². The summed E-state index contributed by atoms with van der Waals surface area (Å²) >= 11 is 2.01. The molecule has 1 N–H and O–H groups in total. The summed E-state index contributed by atoms with van der Waals surface area (Å²) in [6.07, 6.45) is 0. The van der Waals surface area contributed by atoms with Crippen molar-refractivity contribution in [3.05, 3.63) is 39.9 Å². The molecule has 0 radical (unpaired) electrons. The highest BCUT2D eigenvalue weighted by molar-refractivity contribution is 14.0. The first-order valence-corrected chi connectivity index (χ1v) is 8.87. The van der Waals surface area contributed by atoms with Crippen molar-refractivity contribution in [2.75, 3.05) is 25.9 Å². The van der Waals surface area contributed by atoms with Crippen LogP contribution in [0.2, 0.25) is 0 Å². The molecule has 0 aliphatic carbocycles. The highest BCUT2D eigenvalue weighted by atomic mass is 127. The fourth-order valence-electron chi connectivity index (χ4n) is 2.62. The average molecular weight is 464 g/mol. The number of rotatable bonds is 4. The Bertz CT molecular complexity index is 583. The summed E-state index contributed by atoms with van der Waals surface area (Å²) in [5.41, 5.74) is 0.815. The molecule has 2 rings (SSSR count). The molecule has 24 heavy (non-hydrogen) atoms. The van der Waals surface area contributed by atoms with Crippen LogP contribution in [0.4, 0.5) is 5.69 Å². The largest absolute Gasteiger partial charge is 0.352 e. The average Bonchev–Trinajstić information content (AvgIpc) is 2.56. The summed E-state index contributed by atoms with van der Waals surface area (Å²) in [6, 6.07) is 6.82. The zero-order valence-corrected chi connectivity index (χ0v) is 17.4. The molecule has 1 fully saturated rings. The van der Waals surface area contributed by atoms with Gasteiger partial charge >= 0.3 is 0 Å². The lowest BCUT2D eigenvalue weighted by atomic mass is 10.1. The summed E-state index contributed by atoms with van der Waals surface area (Å²) in [5.74, 6) is 2.51. The second kappa shape index (κ2) is 10.1. The number of nitro benzene ring substituents is 1. The molecule has 0 spiro atoms. The van der Waals surface area contributed by atoms with Crippen LogP contribution in [0.5, 0.6) is 0 Å². The predicted molar refractivity (Wildman–Crippen MR) is 111 cm³/mol. The van der Waals surface area contributed by atoms with Crippen molar-refractivity contribution < 1.29 is 4.92 Å². The van der Waals surface area contributed by atoms with Gasteiger partial charge in [0.15, 0.2) is 5.96 Å². The van der Waals surface area contributed by atoms with Crippen LogP contribution in [-0.2, 0) is 6.54 Å². The lowest BCUT2D eigenvalue weighted by molar-refractivity contribution is -0.385. The van der Waals surface area contributed by atoms with Crippen LogP contribution in [0, 0.1) is 16.0 Å². The maximum Gasteiger partial charge on any atom is 0.274 e. The van der Waals surface area contributed by atoms with E-state index in [-0.39, 0.29) is 34.6 Å². The molecule has 1 aliphatic heterocycles. The van der Waals surface area contributed by atoms with Crippen LogP contribution in [0.15, 0.2) is 29.3 Å². The van der Waals surface area contributed by atoms with Gasteiger partial charge in [0.05, 0.1) is 4.92 Å². The highest BCUT2D eigenvalue weighted by Gasteiger charge is 2.25. The summed E-state index contributed by atoms with van der Waals surface area (Å²) in [6.45, 7) is 6.79. The molecular formula is C16H25IN4O2S. The predicted octanol–water partition coefficient (Wildman–Crippen LogP) is 3.36. The lowest BCUT2D eigenvalue weighted by Gasteiger charge is -2.36. The summed E-state index contributed by atoms with van der Waals surface area (Å²) in [4.78, 5) is 17.3. The fourth-order valence-corrected chi connectivity index (χ4v) is 3.91. The number of nitro groups is 1. The number of hydrogen-bond acceptors (Lipinski definition) is 4. The highest BCUT2D eigenvalue weighted by Crippen LogP contribution is 2.25. The molecule has 6 nitrogen and oxygen atoms in total. The van der Waals surface area contributed by atoms with Crippen LogP contribution < -0.4 is 5.32 Å². The van der Waals surface area contributed by atoms with Gasteiger partial charge in [0, 0.05) is 49.3 Å². The summed E-state index contributed by atoms with van der Waals surface area (Å²) in [5, 5.41) is 15.0. The molecular weight excluding hydrogens is 439 g/mol. The van der Waals surface area contributed by atoms with E-state index in [1.807, 2.05) is 17.8 Å². The molecule has 0 saturated carbocycles. The molecule has 1 aliphatic rings. The van der Waals surface area contributed by atoms with Gasteiger partial charge in [-0.2, -0.15) is 11.8 Å². The zero-order valence-electron chi connectivity index (χ0n) is 14.3. The standard InChI is InChI=1S/C16H24N4O2S.HI/c1-12(2)15-11-19(8-9-23-15)16(17-3)18-10-13-6-4-5-7-14(13)20(21)22;/h4-7,12,15H,8-11H2,1-3H3,(H,17,18);1H. The van der Waals surface area contributed by atoms with Crippen molar-refractivity contribution in [2.24, 2.45) is 10.9 Å². The van der Waals surface area contributed by atoms with E-state index in [2.05, 4.69) is 29.1 Å². The smallest absolute Gasteiger partial charge is 0.274 e. The Morgan fingerprint density at radius 3 is 2.83 bits per heavy atom. The van der Waals surface area contributed by atoms with E-state index < -0.39 is 0 Å². The normalized spacial score (nSPS) is 18.2. The number of guanidine groups is 1. The van der Waals surface area contributed by atoms with E-state index in [0.717, 1.165) is 24.8 Å². The van der Waals surface area contributed by atoms with E-state index in [1.165, 1.54) is 6.07 Å². The molecule has 0 aromatic heterocycles. The first-order valence-electron chi connectivity index (χ1n) is 7.82. The van der Waals surface area contributed by atoms with Gasteiger partial charge in [0.2, 0.25) is 0 Å². The molecule has 0 amide bonds. The Morgan fingerprint density at radius 1 is 1.50 bits per heavy atom. The van der Waals surface area contributed by atoms with Crippen LogP contribution >= 0.6 is 35.7 Å². The molecule has 8 heteroatoms. The molecule has 1 heterocycles. The first-order chi connectivity index (χ1) is 11.0. The van der Waals surface area contributed by atoms with Crippen LogP contribution in [0.3, 0.4) is 0 Å². The molecule has 1 aromatic carbocycles. The molecule has 1 saturated heterocycles. The van der Waals surface area contributed by atoms with Gasteiger partial charge in [-0.05, 0) is 5.92 Å². The van der Waals surface area contributed by atoms with E-state index in [1.54, 1.807) is 19.2 Å². The third-order valence-electron chi connectivity index (χ3n) is 3.97. The minimum Gasteiger partial charge on any atom is -0.352 e. The number of thioether (sulfide) groups is 1. The third kappa shape index (κ3) is 5.51. The van der Waals surface area contributed by atoms with Gasteiger partial charge in [0.1, 0.15) is 0 Å². The van der Waals surface area contributed by atoms with E-state index in [0.29, 0.717) is 23.3 Å². The number of hydrogen-bond donors (Lipinski definition) is 1. The van der Waals surface area contributed by atoms with Gasteiger partial charge in [0.25, 0.3) is 5.69 Å². The Kier molecular flexibility index (Phi) is 8.82. The first kappa shape index (κ1) is 21.0. The molecule has 1 aromatic rings. The van der Waals surface area contributed by atoms with Crippen molar-refractivity contribution >= 4 is 47.4 Å². The molecule has 134 valence electrons. The van der Waals surface area contributed by atoms with Crippen molar-refractivity contribution in [3.63, 3.8) is 0 Å². The van der Waals surface area contributed by atoms with Gasteiger partial charge in [-0.25, -0.2) is 0 Å². The maximum absolute atomic E-state index is 11.1.